The predicted molar refractivity (Wildman–Crippen MR) is 135 cm³/mol. The van der Waals surface area contributed by atoms with Crippen LogP contribution in [-0.2, 0) is 17.9 Å². The third kappa shape index (κ3) is 7.48. The normalized spacial score (nSPS) is 11.6. The summed E-state index contributed by atoms with van der Waals surface area (Å²) in [7, 11) is 1.95. The first-order valence-corrected chi connectivity index (χ1v) is 10.9. The van der Waals surface area contributed by atoms with Crippen LogP contribution in [0.2, 0.25) is 0 Å². The van der Waals surface area contributed by atoms with Crippen molar-refractivity contribution in [2.24, 2.45) is 5.73 Å². The highest BCUT2D eigenvalue weighted by Gasteiger charge is 2.31. The first kappa shape index (κ1) is 25.6. The van der Waals surface area contributed by atoms with Gasteiger partial charge < -0.3 is 21.3 Å². The summed E-state index contributed by atoms with van der Waals surface area (Å²) in [4.78, 5) is 15.1. The number of hydrogen-bond acceptors (Lipinski definition) is 4. The number of carbonyl (C=O) groups is 1. The van der Waals surface area contributed by atoms with Gasteiger partial charge in [0.2, 0.25) is 0 Å². The Morgan fingerprint density at radius 2 is 1.54 bits per heavy atom. The molecule has 0 fully saturated rings. The summed E-state index contributed by atoms with van der Waals surface area (Å²) in [5.74, 6) is -0.734. The van der Waals surface area contributed by atoms with Crippen LogP contribution in [0.3, 0.4) is 0 Å². The second kappa shape index (κ2) is 11.4. The summed E-state index contributed by atoms with van der Waals surface area (Å²) in [5, 5.41) is 5.45. The number of carbonyl (C=O) groups excluding carboxylic acids is 1. The Hall–Kier alpha value is -4.04. The summed E-state index contributed by atoms with van der Waals surface area (Å²) in [6.45, 7) is 3.88. The van der Waals surface area contributed by atoms with E-state index in [1.54, 1.807) is 42.5 Å². The van der Waals surface area contributed by atoms with E-state index >= 15 is 0 Å². The van der Waals surface area contributed by atoms with Gasteiger partial charge in [0.15, 0.2) is 0 Å². The lowest BCUT2D eigenvalue weighted by Crippen LogP contribution is -2.22. The predicted octanol–water partition coefficient (Wildman–Crippen LogP) is 5.83. The Labute approximate surface area is 202 Å². The van der Waals surface area contributed by atoms with E-state index in [0.29, 0.717) is 24.0 Å². The molecule has 0 bridgehead atoms. The number of allylic oxidation sites excluding steroid dienone is 2. The number of nitrogens with two attached hydrogens (primary N) is 1. The first-order chi connectivity index (χ1) is 16.7. The van der Waals surface area contributed by atoms with Crippen LogP contribution < -0.4 is 21.3 Å². The van der Waals surface area contributed by atoms with Gasteiger partial charge in [-0.1, -0.05) is 49.0 Å². The first-order valence-electron chi connectivity index (χ1n) is 10.9. The van der Waals surface area contributed by atoms with E-state index in [2.05, 4.69) is 17.2 Å². The van der Waals surface area contributed by atoms with Crippen molar-refractivity contribution in [3.63, 3.8) is 0 Å². The van der Waals surface area contributed by atoms with Crippen LogP contribution in [0.4, 0.5) is 30.2 Å². The maximum atomic E-state index is 13.1. The van der Waals surface area contributed by atoms with Gasteiger partial charge in [-0.15, -0.1) is 0 Å². The van der Waals surface area contributed by atoms with E-state index in [-0.39, 0.29) is 12.2 Å². The molecule has 0 atom stereocenters. The molecule has 1 amide bonds. The van der Waals surface area contributed by atoms with E-state index in [1.165, 1.54) is 0 Å². The fourth-order valence-corrected chi connectivity index (χ4v) is 3.34. The van der Waals surface area contributed by atoms with Crippen molar-refractivity contribution >= 4 is 23.0 Å². The summed E-state index contributed by atoms with van der Waals surface area (Å²) < 4.78 is 39.4. The Bertz CT molecular complexity index is 1210. The quantitative estimate of drug-likeness (QED) is 0.266. The number of benzene rings is 3. The van der Waals surface area contributed by atoms with Gasteiger partial charge in [-0.3, -0.25) is 4.79 Å². The monoisotopic (exact) mass is 480 g/mol. The minimum atomic E-state index is -4.67. The van der Waals surface area contributed by atoms with Crippen molar-refractivity contribution in [2.45, 2.75) is 19.3 Å². The van der Waals surface area contributed by atoms with Crippen LogP contribution >= 0.6 is 0 Å². The van der Waals surface area contributed by atoms with Crippen molar-refractivity contribution < 1.29 is 18.0 Å². The standard InChI is InChI=1S/C27H27F3N4O/c1-19(27(28,29)30)14-25(32-22-10-6-8-20(15-22)17-31)26(35)33-23-11-7-9-21(16-23)18-34(2)24-12-4-3-5-13-24/h3-16,32H,1,17-18,31H2,2H3,(H,33,35)/b25-14-. The van der Waals surface area contributed by atoms with Crippen LogP contribution in [0.15, 0.2) is 103 Å². The SMILES string of the molecule is C=C(/C=C(\Nc1cccc(CN)c1)C(=O)Nc1cccc(CN(C)c2ccccc2)c1)C(F)(F)F. The number of alkyl halides is 3. The molecule has 0 saturated carbocycles. The molecule has 0 unspecified atom stereocenters. The lowest BCUT2D eigenvalue weighted by atomic mass is 10.1. The minimum Gasteiger partial charge on any atom is -0.370 e. The van der Waals surface area contributed by atoms with E-state index in [9.17, 15) is 18.0 Å². The lowest BCUT2D eigenvalue weighted by molar-refractivity contribution is -0.112. The zero-order valence-corrected chi connectivity index (χ0v) is 19.3. The van der Waals surface area contributed by atoms with Gasteiger partial charge in [0.05, 0.1) is 5.57 Å². The average Bonchev–Trinajstić information content (AvgIpc) is 2.84. The highest BCUT2D eigenvalue weighted by molar-refractivity contribution is 6.06. The second-order valence-corrected chi connectivity index (χ2v) is 7.96. The minimum absolute atomic E-state index is 0.250. The largest absolute Gasteiger partial charge is 0.415 e. The molecule has 3 aromatic rings. The van der Waals surface area contributed by atoms with Crippen molar-refractivity contribution in [2.75, 3.05) is 22.6 Å². The van der Waals surface area contributed by atoms with Gasteiger partial charge in [0.1, 0.15) is 5.70 Å². The van der Waals surface area contributed by atoms with Gasteiger partial charge in [0.25, 0.3) is 5.91 Å². The number of amides is 1. The molecule has 0 aliphatic carbocycles. The highest BCUT2D eigenvalue weighted by Crippen LogP contribution is 2.27. The summed E-state index contributed by atoms with van der Waals surface area (Å²) >= 11 is 0. The molecule has 0 aliphatic heterocycles. The number of nitrogens with zero attached hydrogens (tertiary/aromatic N) is 1. The third-order valence-corrected chi connectivity index (χ3v) is 5.17. The molecular weight excluding hydrogens is 453 g/mol. The second-order valence-electron chi connectivity index (χ2n) is 7.96. The molecule has 0 aromatic heterocycles. The molecule has 4 N–H and O–H groups in total. The van der Waals surface area contributed by atoms with Gasteiger partial charge in [-0.05, 0) is 53.6 Å². The van der Waals surface area contributed by atoms with Gasteiger partial charge in [0, 0.05) is 37.2 Å². The summed E-state index contributed by atoms with van der Waals surface area (Å²) in [6, 6.07) is 23.7. The fraction of sp³-hybridized carbons (Fsp3) is 0.148. The zero-order chi connectivity index (χ0) is 25.4. The number of hydrogen-bond donors (Lipinski definition) is 3. The Balaban J connectivity index is 1.80. The van der Waals surface area contributed by atoms with Crippen molar-refractivity contribution in [3.05, 3.63) is 114 Å². The third-order valence-electron chi connectivity index (χ3n) is 5.17. The molecule has 3 rings (SSSR count). The van der Waals surface area contributed by atoms with Crippen LogP contribution in [0.5, 0.6) is 0 Å². The van der Waals surface area contributed by atoms with E-state index in [4.69, 9.17) is 5.73 Å². The van der Waals surface area contributed by atoms with Gasteiger partial charge in [-0.2, -0.15) is 13.2 Å². The Morgan fingerprint density at radius 1 is 0.943 bits per heavy atom. The topological polar surface area (TPSA) is 70.4 Å². The molecule has 0 saturated heterocycles. The van der Waals surface area contributed by atoms with Crippen LogP contribution in [0.25, 0.3) is 0 Å². The number of anilines is 3. The smallest absolute Gasteiger partial charge is 0.370 e. The number of halogens is 3. The van der Waals surface area contributed by atoms with Crippen molar-refractivity contribution in [1.29, 1.82) is 0 Å². The van der Waals surface area contributed by atoms with E-state index in [1.807, 2.05) is 48.3 Å². The van der Waals surface area contributed by atoms with Crippen LogP contribution in [-0.4, -0.2) is 19.1 Å². The molecule has 5 nitrogen and oxygen atoms in total. The van der Waals surface area contributed by atoms with Crippen molar-refractivity contribution in [1.82, 2.24) is 0 Å². The highest BCUT2D eigenvalue weighted by atomic mass is 19.4. The molecule has 182 valence electrons. The Kier molecular flexibility index (Phi) is 8.33. The molecular formula is C27H27F3N4O. The molecule has 3 aromatic carbocycles. The van der Waals surface area contributed by atoms with E-state index < -0.39 is 17.7 Å². The number of nitrogens with one attached hydrogen (secondary N) is 2. The molecule has 0 heterocycles. The molecule has 8 heteroatoms. The molecule has 0 aliphatic rings. The molecule has 35 heavy (non-hydrogen) atoms. The average molecular weight is 481 g/mol. The molecule has 0 spiro atoms. The molecule has 0 radical (unpaired) electrons. The van der Waals surface area contributed by atoms with Crippen molar-refractivity contribution in [3.8, 4) is 0 Å². The maximum absolute atomic E-state index is 13.1. The van der Waals surface area contributed by atoms with Crippen LogP contribution in [0, 0.1) is 0 Å². The lowest BCUT2D eigenvalue weighted by Gasteiger charge is -2.20. The fourth-order valence-electron chi connectivity index (χ4n) is 3.34. The number of para-hydroxylation sites is 1. The number of rotatable bonds is 9. The van der Waals surface area contributed by atoms with Crippen LogP contribution in [0.1, 0.15) is 11.1 Å². The Morgan fingerprint density at radius 3 is 2.17 bits per heavy atom. The van der Waals surface area contributed by atoms with Gasteiger partial charge >= 0.3 is 6.18 Å². The zero-order valence-electron chi connectivity index (χ0n) is 19.3. The van der Waals surface area contributed by atoms with Gasteiger partial charge in [-0.25, -0.2) is 0 Å². The summed E-state index contributed by atoms with van der Waals surface area (Å²) in [6.07, 6.45) is -3.98. The summed E-state index contributed by atoms with van der Waals surface area (Å²) in [5.41, 5.74) is 7.80. The maximum Gasteiger partial charge on any atom is 0.415 e. The van der Waals surface area contributed by atoms with E-state index in [0.717, 1.165) is 16.8 Å².